The van der Waals surface area contributed by atoms with Crippen molar-refractivity contribution in [1.82, 2.24) is 9.55 Å². The Balaban J connectivity index is 1.78. The molecular formula is C24H24N2O. The third-order valence-corrected chi connectivity index (χ3v) is 4.96. The molecule has 0 N–H and O–H groups in total. The van der Waals surface area contributed by atoms with E-state index >= 15 is 0 Å². The summed E-state index contributed by atoms with van der Waals surface area (Å²) in [6.45, 7) is 6.36. The van der Waals surface area contributed by atoms with Crippen molar-refractivity contribution in [1.29, 1.82) is 0 Å². The van der Waals surface area contributed by atoms with Gasteiger partial charge in [-0.15, -0.1) is 0 Å². The molecule has 3 nitrogen and oxygen atoms in total. The van der Waals surface area contributed by atoms with Gasteiger partial charge in [-0.05, 0) is 56.2 Å². The van der Waals surface area contributed by atoms with Crippen molar-refractivity contribution in [3.05, 3.63) is 95.8 Å². The molecule has 0 fully saturated rings. The smallest absolute Gasteiger partial charge is 0.153 e. The normalized spacial score (nSPS) is 13.4. The molecular weight excluding hydrogens is 332 g/mol. The van der Waals surface area contributed by atoms with Gasteiger partial charge in [0.1, 0.15) is 5.75 Å². The van der Waals surface area contributed by atoms with E-state index in [1.165, 1.54) is 11.1 Å². The molecule has 0 aliphatic rings. The summed E-state index contributed by atoms with van der Waals surface area (Å²) in [5, 5.41) is 0. The quantitative estimate of drug-likeness (QED) is 0.432. The molecule has 136 valence electrons. The van der Waals surface area contributed by atoms with E-state index in [0.717, 1.165) is 22.6 Å². The van der Waals surface area contributed by atoms with Crippen LogP contribution in [0.1, 0.15) is 42.9 Å². The van der Waals surface area contributed by atoms with Gasteiger partial charge in [-0.2, -0.15) is 0 Å². The van der Waals surface area contributed by atoms with E-state index in [4.69, 9.17) is 9.72 Å². The topological polar surface area (TPSA) is 27.1 Å². The highest BCUT2D eigenvalue weighted by atomic mass is 16.5. The Morgan fingerprint density at radius 3 is 2.37 bits per heavy atom. The third-order valence-electron chi connectivity index (χ3n) is 4.96. The first-order valence-corrected chi connectivity index (χ1v) is 9.38. The van der Waals surface area contributed by atoms with Crippen LogP contribution < -0.4 is 4.74 Å². The number of aromatic nitrogens is 2. The predicted octanol–water partition coefficient (Wildman–Crippen LogP) is 6.09. The summed E-state index contributed by atoms with van der Waals surface area (Å²) < 4.78 is 8.55. The van der Waals surface area contributed by atoms with Crippen LogP contribution in [0.5, 0.6) is 5.75 Å². The monoisotopic (exact) mass is 356 g/mol. The van der Waals surface area contributed by atoms with Gasteiger partial charge in [0, 0.05) is 0 Å². The van der Waals surface area contributed by atoms with Crippen molar-refractivity contribution < 1.29 is 4.74 Å². The minimum absolute atomic E-state index is 0.162. The van der Waals surface area contributed by atoms with Crippen molar-refractivity contribution in [2.24, 2.45) is 0 Å². The Kier molecular flexibility index (Phi) is 4.68. The lowest BCUT2D eigenvalue weighted by Gasteiger charge is -2.22. The molecule has 0 bridgehead atoms. The van der Waals surface area contributed by atoms with Gasteiger partial charge in [0.05, 0.1) is 17.1 Å². The molecule has 2 atom stereocenters. The second-order valence-electron chi connectivity index (χ2n) is 6.99. The fourth-order valence-electron chi connectivity index (χ4n) is 3.58. The lowest BCUT2D eigenvalue weighted by atomic mass is 10.1. The lowest BCUT2D eigenvalue weighted by Crippen LogP contribution is -2.16. The SMILES string of the molecule is Cc1cccc(OC(C)c2nc3ccccc3n2C(C)c2ccccc2)c1. The van der Waals surface area contributed by atoms with Crippen LogP contribution in [0.3, 0.4) is 0 Å². The Hall–Kier alpha value is -3.07. The van der Waals surface area contributed by atoms with Gasteiger partial charge in [0.15, 0.2) is 11.9 Å². The minimum atomic E-state index is -0.162. The molecule has 0 amide bonds. The van der Waals surface area contributed by atoms with E-state index in [0.29, 0.717) is 0 Å². The number of benzene rings is 3. The van der Waals surface area contributed by atoms with Crippen molar-refractivity contribution in [2.75, 3.05) is 0 Å². The first-order valence-electron chi connectivity index (χ1n) is 9.38. The van der Waals surface area contributed by atoms with Gasteiger partial charge < -0.3 is 9.30 Å². The maximum absolute atomic E-state index is 6.25. The van der Waals surface area contributed by atoms with Crippen molar-refractivity contribution in [2.45, 2.75) is 32.9 Å². The average molecular weight is 356 g/mol. The van der Waals surface area contributed by atoms with Gasteiger partial charge in [-0.3, -0.25) is 0 Å². The second-order valence-corrected chi connectivity index (χ2v) is 6.99. The zero-order valence-electron chi connectivity index (χ0n) is 16.0. The van der Waals surface area contributed by atoms with E-state index < -0.39 is 0 Å². The molecule has 3 aromatic carbocycles. The number of aryl methyl sites for hydroxylation is 1. The molecule has 0 aliphatic carbocycles. The van der Waals surface area contributed by atoms with E-state index in [2.05, 4.69) is 79.9 Å². The highest BCUT2D eigenvalue weighted by Gasteiger charge is 2.22. The number of ether oxygens (including phenoxy) is 1. The van der Waals surface area contributed by atoms with Gasteiger partial charge in [-0.25, -0.2) is 4.98 Å². The van der Waals surface area contributed by atoms with E-state index in [9.17, 15) is 0 Å². The number of fused-ring (bicyclic) bond motifs is 1. The molecule has 0 aliphatic heterocycles. The fraction of sp³-hybridized carbons (Fsp3) is 0.208. The van der Waals surface area contributed by atoms with Crippen LogP contribution in [0, 0.1) is 6.92 Å². The maximum Gasteiger partial charge on any atom is 0.153 e. The molecule has 4 aromatic rings. The summed E-state index contributed by atoms with van der Waals surface area (Å²) in [5.41, 5.74) is 4.56. The minimum Gasteiger partial charge on any atom is -0.483 e. The van der Waals surface area contributed by atoms with Crippen molar-refractivity contribution in [3.63, 3.8) is 0 Å². The summed E-state index contributed by atoms with van der Waals surface area (Å²) in [5.74, 6) is 1.81. The molecule has 0 saturated carbocycles. The number of imidazole rings is 1. The predicted molar refractivity (Wildman–Crippen MR) is 110 cm³/mol. The summed E-state index contributed by atoms with van der Waals surface area (Å²) in [6, 6.07) is 27.1. The molecule has 0 saturated heterocycles. The van der Waals surface area contributed by atoms with Crippen LogP contribution in [-0.4, -0.2) is 9.55 Å². The molecule has 1 aromatic heterocycles. The fourth-order valence-corrected chi connectivity index (χ4v) is 3.58. The summed E-state index contributed by atoms with van der Waals surface area (Å²) in [4.78, 5) is 4.92. The summed E-state index contributed by atoms with van der Waals surface area (Å²) in [7, 11) is 0. The molecule has 1 heterocycles. The van der Waals surface area contributed by atoms with Gasteiger partial charge in [0.2, 0.25) is 0 Å². The standard InChI is InChI=1S/C24H24N2O/c1-17-10-9-13-21(16-17)27-19(3)24-25-22-14-7-8-15-23(22)26(24)18(2)20-11-5-4-6-12-20/h4-16,18-19H,1-3H3. The zero-order chi connectivity index (χ0) is 18.8. The Labute approximate surface area is 160 Å². The number of rotatable bonds is 5. The van der Waals surface area contributed by atoms with Gasteiger partial charge in [0.25, 0.3) is 0 Å². The molecule has 0 spiro atoms. The lowest BCUT2D eigenvalue weighted by molar-refractivity contribution is 0.210. The third kappa shape index (κ3) is 3.45. The molecule has 3 heteroatoms. The summed E-state index contributed by atoms with van der Waals surface area (Å²) in [6.07, 6.45) is -0.162. The van der Waals surface area contributed by atoms with E-state index in [1.807, 2.05) is 24.3 Å². The highest BCUT2D eigenvalue weighted by Crippen LogP contribution is 2.31. The van der Waals surface area contributed by atoms with Crippen LogP contribution in [0.15, 0.2) is 78.9 Å². The molecule has 4 rings (SSSR count). The number of hydrogen-bond donors (Lipinski definition) is 0. The number of hydrogen-bond acceptors (Lipinski definition) is 2. The second kappa shape index (κ2) is 7.28. The Morgan fingerprint density at radius 1 is 0.852 bits per heavy atom. The first-order chi connectivity index (χ1) is 13.1. The molecule has 27 heavy (non-hydrogen) atoms. The Morgan fingerprint density at radius 2 is 1.59 bits per heavy atom. The highest BCUT2D eigenvalue weighted by molar-refractivity contribution is 5.76. The maximum atomic E-state index is 6.25. The van der Waals surface area contributed by atoms with E-state index in [1.54, 1.807) is 0 Å². The average Bonchev–Trinajstić information content (AvgIpc) is 3.08. The van der Waals surface area contributed by atoms with Crippen LogP contribution in [0.4, 0.5) is 0 Å². The van der Waals surface area contributed by atoms with Crippen molar-refractivity contribution in [3.8, 4) is 5.75 Å². The van der Waals surface area contributed by atoms with E-state index in [-0.39, 0.29) is 12.1 Å². The van der Waals surface area contributed by atoms with Crippen LogP contribution in [0.25, 0.3) is 11.0 Å². The number of para-hydroxylation sites is 2. The first kappa shape index (κ1) is 17.3. The largest absolute Gasteiger partial charge is 0.483 e. The summed E-state index contributed by atoms with van der Waals surface area (Å²) >= 11 is 0. The van der Waals surface area contributed by atoms with Gasteiger partial charge in [-0.1, -0.05) is 54.6 Å². The van der Waals surface area contributed by atoms with Crippen molar-refractivity contribution >= 4 is 11.0 Å². The van der Waals surface area contributed by atoms with Gasteiger partial charge >= 0.3 is 0 Å². The zero-order valence-corrected chi connectivity index (χ0v) is 16.0. The molecule has 2 unspecified atom stereocenters. The van der Waals surface area contributed by atoms with Crippen LogP contribution in [-0.2, 0) is 0 Å². The number of nitrogens with zero attached hydrogens (tertiary/aromatic N) is 2. The Bertz CT molecular complexity index is 1050. The van der Waals surface area contributed by atoms with Crippen LogP contribution in [0.2, 0.25) is 0 Å². The molecule has 0 radical (unpaired) electrons. The van der Waals surface area contributed by atoms with Crippen LogP contribution >= 0.6 is 0 Å².